The minimum absolute atomic E-state index is 0.407. The second-order valence-electron chi connectivity index (χ2n) is 5.52. The average Bonchev–Trinajstić information content (AvgIpc) is 2.85. The van der Waals surface area contributed by atoms with Crippen molar-refractivity contribution in [3.05, 3.63) is 11.1 Å². The Hall–Kier alpha value is -1.14. The van der Waals surface area contributed by atoms with Crippen LogP contribution in [0.25, 0.3) is 0 Å². The summed E-state index contributed by atoms with van der Waals surface area (Å²) in [6.07, 6.45) is 4.11. The van der Waals surface area contributed by atoms with Crippen LogP contribution in [-0.2, 0) is 11.3 Å². The predicted octanol–water partition coefficient (Wildman–Crippen LogP) is 3.97. The fraction of sp³-hybridized carbons (Fsp3) is 0.733. The zero-order chi connectivity index (χ0) is 15.7. The van der Waals surface area contributed by atoms with Crippen molar-refractivity contribution in [2.45, 2.75) is 46.1 Å². The van der Waals surface area contributed by atoms with E-state index in [4.69, 9.17) is 4.74 Å². The van der Waals surface area contributed by atoms with Crippen molar-refractivity contribution in [2.75, 3.05) is 26.0 Å². The maximum atomic E-state index is 11.8. The van der Waals surface area contributed by atoms with Crippen LogP contribution >= 0.6 is 11.3 Å². The lowest BCUT2D eigenvalue weighted by atomic mass is 10.0. The first-order chi connectivity index (χ1) is 10.0. The Morgan fingerprint density at radius 3 is 2.86 bits per heavy atom. The van der Waals surface area contributed by atoms with E-state index in [1.807, 2.05) is 24.4 Å². The number of ether oxygens (including phenoxy) is 1. The number of thiazole rings is 1. The third-order valence-corrected chi connectivity index (χ3v) is 4.04. The normalized spacial score (nSPS) is 12.4. The van der Waals surface area contributed by atoms with Gasteiger partial charge in [0.1, 0.15) is 0 Å². The van der Waals surface area contributed by atoms with Gasteiger partial charge in [0.25, 0.3) is 0 Å². The van der Waals surface area contributed by atoms with Crippen LogP contribution in [0.4, 0.5) is 9.93 Å². The van der Waals surface area contributed by atoms with Gasteiger partial charge in [0, 0.05) is 11.9 Å². The van der Waals surface area contributed by atoms with E-state index >= 15 is 0 Å². The summed E-state index contributed by atoms with van der Waals surface area (Å²) < 4.78 is 5.29. The van der Waals surface area contributed by atoms with Gasteiger partial charge in [-0.15, -0.1) is 11.3 Å². The molecule has 1 rings (SSSR count). The maximum Gasteiger partial charge on any atom is 0.413 e. The smallest absolute Gasteiger partial charge is 0.413 e. The molecule has 0 spiro atoms. The lowest BCUT2D eigenvalue weighted by Gasteiger charge is -2.14. The molecule has 0 aromatic carbocycles. The molecule has 1 N–H and O–H groups in total. The van der Waals surface area contributed by atoms with Crippen molar-refractivity contribution in [2.24, 2.45) is 5.92 Å². The van der Waals surface area contributed by atoms with E-state index in [9.17, 15) is 4.79 Å². The summed E-state index contributed by atoms with van der Waals surface area (Å²) in [4.78, 5) is 18.2. The standard InChI is InChI=1S/C15H27N3O2S/c1-5-7-8-12(6-2)10-20-15(19)17-14-16-13(11-21-14)9-18(3)4/h11-12H,5-10H2,1-4H3,(H,16,17,19). The van der Waals surface area contributed by atoms with Gasteiger partial charge >= 0.3 is 6.09 Å². The van der Waals surface area contributed by atoms with Crippen LogP contribution in [-0.4, -0.2) is 36.7 Å². The van der Waals surface area contributed by atoms with Gasteiger partial charge in [0.05, 0.1) is 12.3 Å². The van der Waals surface area contributed by atoms with Crippen molar-refractivity contribution in [3.63, 3.8) is 0 Å². The largest absolute Gasteiger partial charge is 0.449 e. The second-order valence-corrected chi connectivity index (χ2v) is 6.38. The molecule has 1 heterocycles. The third kappa shape index (κ3) is 7.43. The summed E-state index contributed by atoms with van der Waals surface area (Å²) >= 11 is 1.42. The number of carbonyl (C=O) groups is 1. The molecule has 0 aliphatic heterocycles. The van der Waals surface area contributed by atoms with Crippen LogP contribution in [0.5, 0.6) is 0 Å². The molecule has 1 amide bonds. The fourth-order valence-corrected chi connectivity index (χ4v) is 2.66. The molecule has 0 radical (unpaired) electrons. The van der Waals surface area contributed by atoms with Crippen molar-refractivity contribution in [1.29, 1.82) is 0 Å². The van der Waals surface area contributed by atoms with Gasteiger partial charge in [0.2, 0.25) is 0 Å². The highest BCUT2D eigenvalue weighted by Crippen LogP contribution is 2.17. The number of unbranched alkanes of at least 4 members (excludes halogenated alkanes) is 1. The first-order valence-corrected chi connectivity index (χ1v) is 8.46. The van der Waals surface area contributed by atoms with Crippen LogP contribution in [0, 0.1) is 5.92 Å². The van der Waals surface area contributed by atoms with E-state index in [1.165, 1.54) is 24.2 Å². The summed E-state index contributed by atoms with van der Waals surface area (Å²) in [6, 6.07) is 0. The molecule has 5 nitrogen and oxygen atoms in total. The topological polar surface area (TPSA) is 54.5 Å². The maximum absolute atomic E-state index is 11.8. The van der Waals surface area contributed by atoms with Crippen LogP contribution in [0.1, 0.15) is 45.2 Å². The molecule has 0 aliphatic carbocycles. The van der Waals surface area contributed by atoms with Crippen LogP contribution in [0.3, 0.4) is 0 Å². The Bertz CT molecular complexity index is 421. The van der Waals surface area contributed by atoms with Gasteiger partial charge in [-0.05, 0) is 26.4 Å². The van der Waals surface area contributed by atoms with Crippen molar-refractivity contribution < 1.29 is 9.53 Å². The Morgan fingerprint density at radius 1 is 1.48 bits per heavy atom. The van der Waals surface area contributed by atoms with Crippen LogP contribution in [0.15, 0.2) is 5.38 Å². The zero-order valence-electron chi connectivity index (χ0n) is 13.5. The Labute approximate surface area is 131 Å². The van der Waals surface area contributed by atoms with E-state index in [2.05, 4.69) is 24.1 Å². The molecule has 0 fully saturated rings. The molecule has 1 unspecified atom stereocenters. The first kappa shape index (κ1) is 17.9. The SMILES string of the molecule is CCCCC(CC)COC(=O)Nc1nc(CN(C)C)cs1. The molecule has 1 atom stereocenters. The molecule has 6 heteroatoms. The van der Waals surface area contributed by atoms with Gasteiger partial charge in [-0.2, -0.15) is 0 Å². The van der Waals surface area contributed by atoms with Crippen molar-refractivity contribution in [3.8, 4) is 0 Å². The van der Waals surface area contributed by atoms with Crippen molar-refractivity contribution in [1.82, 2.24) is 9.88 Å². The molecule has 21 heavy (non-hydrogen) atoms. The number of hydrogen-bond donors (Lipinski definition) is 1. The number of nitrogens with one attached hydrogen (secondary N) is 1. The number of anilines is 1. The van der Waals surface area contributed by atoms with E-state index in [1.54, 1.807) is 0 Å². The van der Waals surface area contributed by atoms with E-state index in [-0.39, 0.29) is 0 Å². The van der Waals surface area contributed by atoms with Crippen LogP contribution < -0.4 is 5.32 Å². The predicted molar refractivity (Wildman–Crippen MR) is 87.8 cm³/mol. The summed E-state index contributed by atoms with van der Waals surface area (Å²) in [5.41, 5.74) is 0.953. The van der Waals surface area contributed by atoms with Crippen LogP contribution in [0.2, 0.25) is 0 Å². The zero-order valence-corrected chi connectivity index (χ0v) is 14.3. The van der Waals surface area contributed by atoms with Gasteiger partial charge in [-0.1, -0.05) is 33.1 Å². The highest BCUT2D eigenvalue weighted by Gasteiger charge is 2.11. The minimum Gasteiger partial charge on any atom is -0.449 e. The summed E-state index contributed by atoms with van der Waals surface area (Å²) in [5, 5.41) is 5.24. The molecule has 1 aromatic heterocycles. The first-order valence-electron chi connectivity index (χ1n) is 7.58. The monoisotopic (exact) mass is 313 g/mol. The Kier molecular flexibility index (Phi) is 8.30. The molecular formula is C15H27N3O2S. The lowest BCUT2D eigenvalue weighted by molar-refractivity contribution is 0.136. The molecule has 0 saturated heterocycles. The average molecular weight is 313 g/mol. The summed E-state index contributed by atoms with van der Waals surface area (Å²) in [5.74, 6) is 0.455. The lowest BCUT2D eigenvalue weighted by Crippen LogP contribution is -2.18. The molecular weight excluding hydrogens is 286 g/mol. The molecule has 1 aromatic rings. The number of carbonyl (C=O) groups excluding carboxylic acids is 1. The fourth-order valence-electron chi connectivity index (χ4n) is 1.98. The number of aromatic nitrogens is 1. The number of nitrogens with zero attached hydrogens (tertiary/aromatic N) is 2. The number of rotatable bonds is 9. The van der Waals surface area contributed by atoms with E-state index < -0.39 is 6.09 Å². The number of amides is 1. The quantitative estimate of drug-likeness (QED) is 0.749. The summed E-state index contributed by atoms with van der Waals surface area (Å²) in [7, 11) is 3.98. The summed E-state index contributed by atoms with van der Waals surface area (Å²) in [6.45, 7) is 5.56. The molecule has 0 saturated carbocycles. The Morgan fingerprint density at radius 2 is 2.24 bits per heavy atom. The highest BCUT2D eigenvalue weighted by molar-refractivity contribution is 7.13. The van der Waals surface area contributed by atoms with E-state index in [0.29, 0.717) is 17.7 Å². The third-order valence-electron chi connectivity index (χ3n) is 3.23. The van der Waals surface area contributed by atoms with Crippen molar-refractivity contribution >= 4 is 22.6 Å². The van der Waals surface area contributed by atoms with Gasteiger partial charge in [-0.25, -0.2) is 9.78 Å². The molecule has 120 valence electrons. The van der Waals surface area contributed by atoms with Gasteiger partial charge < -0.3 is 9.64 Å². The molecule has 0 bridgehead atoms. The van der Waals surface area contributed by atoms with Gasteiger partial charge in [0.15, 0.2) is 5.13 Å². The molecule has 0 aliphatic rings. The van der Waals surface area contributed by atoms with Gasteiger partial charge in [-0.3, -0.25) is 5.32 Å². The highest BCUT2D eigenvalue weighted by atomic mass is 32.1. The number of hydrogen-bond acceptors (Lipinski definition) is 5. The minimum atomic E-state index is -0.407. The Balaban J connectivity index is 2.34. The second kappa shape index (κ2) is 9.73. The van der Waals surface area contributed by atoms with E-state index in [0.717, 1.165) is 25.1 Å².